The maximum absolute atomic E-state index is 4.03. The van der Waals surface area contributed by atoms with Crippen LogP contribution >= 0.6 is 21.6 Å². The molecule has 0 N–H and O–H groups in total. The van der Waals surface area contributed by atoms with Gasteiger partial charge in [0, 0.05) is 16.0 Å². The van der Waals surface area contributed by atoms with Crippen LogP contribution in [0.25, 0.3) is 0 Å². The molecule has 1 heterocycles. The molecule has 0 saturated carbocycles. The third-order valence-corrected chi connectivity index (χ3v) is 5.96. The first-order valence-electron chi connectivity index (χ1n) is 3.29. The first kappa shape index (κ1) is 7.76. The summed E-state index contributed by atoms with van der Waals surface area (Å²) >= 11 is 0. The Labute approximate surface area is 67.7 Å². The first-order valence-corrected chi connectivity index (χ1v) is 6.76. The second kappa shape index (κ2) is 3.74. The summed E-state index contributed by atoms with van der Waals surface area (Å²) in [7, 11) is 5.17. The molecule has 0 aromatic carbocycles. The van der Waals surface area contributed by atoms with E-state index in [1.165, 1.54) is 33.7 Å². The van der Waals surface area contributed by atoms with Crippen LogP contribution in [0.5, 0.6) is 0 Å². The van der Waals surface area contributed by atoms with Crippen LogP contribution in [0.4, 0.5) is 0 Å². The zero-order chi connectivity index (χ0) is 6.69. The van der Waals surface area contributed by atoms with Crippen LogP contribution in [-0.2, 0) is 0 Å². The van der Waals surface area contributed by atoms with E-state index in [0.717, 1.165) is 5.54 Å². The van der Waals surface area contributed by atoms with E-state index in [1.807, 2.05) is 21.6 Å². The van der Waals surface area contributed by atoms with Crippen molar-refractivity contribution in [1.29, 1.82) is 0 Å². The molecule has 0 aliphatic carbocycles. The van der Waals surface area contributed by atoms with Crippen LogP contribution in [0.1, 0.15) is 12.8 Å². The molecule has 1 rings (SSSR count). The highest BCUT2D eigenvalue weighted by Crippen LogP contribution is 2.41. The fourth-order valence-electron chi connectivity index (χ4n) is 0.809. The average Bonchev–Trinajstić information content (AvgIpc) is 1.99. The lowest BCUT2D eigenvalue weighted by Crippen LogP contribution is -1.89. The first-order chi connectivity index (χ1) is 4.30. The van der Waals surface area contributed by atoms with E-state index in [2.05, 4.69) is 6.58 Å². The predicted molar refractivity (Wildman–Crippen MR) is 52.1 cm³/mol. The largest absolute Gasteiger partial charge is 0.0893 e. The van der Waals surface area contributed by atoms with Crippen molar-refractivity contribution in [3.05, 3.63) is 11.5 Å². The van der Waals surface area contributed by atoms with Gasteiger partial charge < -0.3 is 0 Å². The molecule has 0 aromatic heterocycles. The van der Waals surface area contributed by atoms with Gasteiger partial charge in [-0.2, -0.15) is 0 Å². The minimum atomic E-state index is 0.880. The van der Waals surface area contributed by atoms with Crippen molar-refractivity contribution in [1.82, 2.24) is 0 Å². The van der Waals surface area contributed by atoms with Crippen molar-refractivity contribution in [3.63, 3.8) is 0 Å². The molecule has 3 heteroatoms. The third-order valence-electron chi connectivity index (χ3n) is 1.58. The maximum atomic E-state index is 4.03. The molecular formula is C6H12S2Si. The van der Waals surface area contributed by atoms with Gasteiger partial charge in [-0.05, 0) is 23.3 Å². The monoisotopic (exact) mass is 176 g/mol. The number of allylic oxidation sites excluding steroid dienone is 1. The van der Waals surface area contributed by atoms with Gasteiger partial charge in [0.25, 0.3) is 0 Å². The molecule has 0 aromatic rings. The van der Waals surface area contributed by atoms with E-state index in [1.54, 1.807) is 0 Å². The van der Waals surface area contributed by atoms with Crippen molar-refractivity contribution in [2.45, 2.75) is 18.4 Å². The van der Waals surface area contributed by atoms with Gasteiger partial charge in [-0.25, -0.2) is 0 Å². The quantitative estimate of drug-likeness (QED) is 0.408. The molecule has 0 amide bonds. The Hall–Kier alpha value is 0.657. The molecule has 0 spiro atoms. The van der Waals surface area contributed by atoms with Gasteiger partial charge in [-0.3, -0.25) is 0 Å². The number of hydrogen-bond acceptors (Lipinski definition) is 2. The van der Waals surface area contributed by atoms with E-state index in [0.29, 0.717) is 0 Å². The molecule has 0 nitrogen and oxygen atoms in total. The van der Waals surface area contributed by atoms with Crippen molar-refractivity contribution >= 4 is 31.8 Å². The Kier molecular flexibility index (Phi) is 3.22. The minimum Gasteiger partial charge on any atom is -0.0893 e. The highest BCUT2D eigenvalue weighted by atomic mass is 33.1. The second-order valence-electron chi connectivity index (χ2n) is 2.41. The summed E-state index contributed by atoms with van der Waals surface area (Å²) < 4.78 is 0. The molecule has 9 heavy (non-hydrogen) atoms. The fourth-order valence-corrected chi connectivity index (χ4v) is 4.44. The highest BCUT2D eigenvalue weighted by molar-refractivity contribution is 8.78. The van der Waals surface area contributed by atoms with Crippen LogP contribution in [0, 0.1) is 0 Å². The van der Waals surface area contributed by atoms with Gasteiger partial charge in [0.2, 0.25) is 0 Å². The van der Waals surface area contributed by atoms with Gasteiger partial charge in [-0.1, -0.05) is 28.2 Å². The SMILES string of the molecule is C=C1SSCCCC1[SiH3]. The summed E-state index contributed by atoms with van der Waals surface area (Å²) in [6, 6.07) is 0. The van der Waals surface area contributed by atoms with Crippen LogP contribution in [0.15, 0.2) is 11.5 Å². The molecule has 1 saturated heterocycles. The van der Waals surface area contributed by atoms with E-state index in [9.17, 15) is 0 Å². The zero-order valence-electron chi connectivity index (χ0n) is 5.72. The Balaban J connectivity index is 2.41. The standard InChI is InChI=1S/C6H12S2Si/c1-5-6(9)3-2-4-7-8-5/h6H,1-4H2,9H3. The highest BCUT2D eigenvalue weighted by Gasteiger charge is 2.10. The van der Waals surface area contributed by atoms with Gasteiger partial charge >= 0.3 is 0 Å². The van der Waals surface area contributed by atoms with E-state index in [-0.39, 0.29) is 0 Å². The van der Waals surface area contributed by atoms with Crippen molar-refractivity contribution in [2.24, 2.45) is 0 Å². The lowest BCUT2D eigenvalue weighted by atomic mass is 10.2. The predicted octanol–water partition coefficient (Wildman–Crippen LogP) is 1.83. The molecular weight excluding hydrogens is 164 g/mol. The van der Waals surface area contributed by atoms with Gasteiger partial charge in [-0.15, -0.1) is 0 Å². The van der Waals surface area contributed by atoms with E-state index >= 15 is 0 Å². The summed E-state index contributed by atoms with van der Waals surface area (Å²) in [6.45, 7) is 4.03. The van der Waals surface area contributed by atoms with Crippen molar-refractivity contribution in [3.8, 4) is 0 Å². The van der Waals surface area contributed by atoms with Crippen molar-refractivity contribution < 1.29 is 0 Å². The zero-order valence-corrected chi connectivity index (χ0v) is 9.36. The molecule has 1 unspecified atom stereocenters. The lowest BCUT2D eigenvalue weighted by molar-refractivity contribution is 0.820. The molecule has 1 aliphatic rings. The van der Waals surface area contributed by atoms with E-state index < -0.39 is 0 Å². The maximum Gasteiger partial charge on any atom is 0.0130 e. The van der Waals surface area contributed by atoms with Crippen LogP contribution in [0.3, 0.4) is 0 Å². The number of hydrogen-bond donors (Lipinski definition) is 0. The Morgan fingerprint density at radius 1 is 1.67 bits per heavy atom. The lowest BCUT2D eigenvalue weighted by Gasteiger charge is -2.06. The normalized spacial score (nSPS) is 30.2. The van der Waals surface area contributed by atoms with E-state index in [4.69, 9.17) is 0 Å². The summed E-state index contributed by atoms with van der Waals surface area (Å²) in [5.74, 6) is 1.32. The Morgan fingerprint density at radius 3 is 3.22 bits per heavy atom. The fraction of sp³-hybridized carbons (Fsp3) is 0.667. The summed E-state index contributed by atoms with van der Waals surface area (Å²) in [6.07, 6.45) is 2.79. The Morgan fingerprint density at radius 2 is 2.44 bits per heavy atom. The minimum absolute atomic E-state index is 0.880. The molecule has 1 atom stereocenters. The van der Waals surface area contributed by atoms with Crippen LogP contribution in [-0.4, -0.2) is 16.0 Å². The topological polar surface area (TPSA) is 0 Å². The molecule has 0 radical (unpaired) electrons. The molecule has 1 aliphatic heterocycles. The van der Waals surface area contributed by atoms with Gasteiger partial charge in [0.15, 0.2) is 0 Å². The van der Waals surface area contributed by atoms with Crippen molar-refractivity contribution in [2.75, 3.05) is 5.75 Å². The Bertz CT molecular complexity index is 114. The summed E-state index contributed by atoms with van der Waals surface area (Å²) in [5.41, 5.74) is 0.880. The summed E-state index contributed by atoms with van der Waals surface area (Å²) in [5, 5.41) is 0. The van der Waals surface area contributed by atoms with Gasteiger partial charge in [0.05, 0.1) is 0 Å². The second-order valence-corrected chi connectivity index (χ2v) is 6.35. The number of rotatable bonds is 0. The van der Waals surface area contributed by atoms with Gasteiger partial charge in [0.1, 0.15) is 0 Å². The smallest absolute Gasteiger partial charge is 0.0130 e. The third kappa shape index (κ3) is 2.39. The van der Waals surface area contributed by atoms with Crippen LogP contribution in [0.2, 0.25) is 5.54 Å². The average molecular weight is 176 g/mol. The molecule has 0 bridgehead atoms. The summed E-state index contributed by atoms with van der Waals surface area (Å²) in [4.78, 5) is 1.42. The molecule has 52 valence electrons. The molecule has 1 fully saturated rings. The van der Waals surface area contributed by atoms with Crippen LogP contribution < -0.4 is 0 Å².